The molecule has 1 N–H and O–H groups in total. The minimum atomic E-state index is -4.91. The summed E-state index contributed by atoms with van der Waals surface area (Å²) < 4.78 is 76.4. The number of quaternary nitrogens is 1. The SMILES string of the molecule is CCOC(=O)C1=N[N+]2(CC2S(=O)(=O)[O-])C(=O)/C1=C\C=Cc1c(C(=O)OCC)[nH]n(CCS(=O)(=O)[O-])c1=O.[K+].[K+]. The largest absolute Gasteiger partial charge is 1.00 e. The fraction of sp³-hybridized carbons (Fsp3) is 0.421. The van der Waals surface area contributed by atoms with Crippen LogP contribution in [0, 0.1) is 0 Å². The number of carbonyl (C=O) groups excluding carboxylic acids is 3. The van der Waals surface area contributed by atoms with Crippen LogP contribution in [0.15, 0.2) is 27.6 Å². The maximum absolute atomic E-state index is 12.9. The first kappa shape index (κ1) is 36.8. The van der Waals surface area contributed by atoms with E-state index in [1.165, 1.54) is 13.8 Å². The fourth-order valence-corrected chi connectivity index (χ4v) is 4.90. The van der Waals surface area contributed by atoms with Crippen molar-refractivity contribution in [2.75, 3.05) is 25.5 Å². The van der Waals surface area contributed by atoms with E-state index in [4.69, 9.17) is 9.47 Å². The van der Waals surface area contributed by atoms with E-state index in [1.54, 1.807) is 0 Å². The molecule has 0 radical (unpaired) electrons. The number of ether oxygens (including phenoxy) is 2. The van der Waals surface area contributed by atoms with Crippen LogP contribution in [0.2, 0.25) is 0 Å². The number of aryl methyl sites for hydroxylation is 1. The van der Waals surface area contributed by atoms with Crippen LogP contribution in [-0.2, 0) is 45.8 Å². The Morgan fingerprint density at radius 1 is 1.10 bits per heavy atom. The van der Waals surface area contributed by atoms with Crippen LogP contribution < -0.4 is 108 Å². The van der Waals surface area contributed by atoms with Crippen LogP contribution in [0.4, 0.5) is 0 Å². The van der Waals surface area contributed by atoms with Gasteiger partial charge in [-0.15, -0.1) is 4.59 Å². The van der Waals surface area contributed by atoms with Gasteiger partial charge < -0.3 is 18.6 Å². The van der Waals surface area contributed by atoms with Crippen LogP contribution in [0.25, 0.3) is 6.08 Å². The standard InChI is InChI=1S/C19H22N4O12S2.2K/c1-3-34-18(26)14-11(16(24)22(20-14)8-9-36(28,29)30)6-5-7-12-15(19(27)35-4-2)21-23(17(12)25)10-13(23)37(31,32)33;;/h5-7,13H,3-4,8-10H2,1-2H3,(H2-,20,21,24,25,28,29,30,31,32,33);;/q;2*+1/p-1. The second-order valence-electron chi connectivity index (χ2n) is 7.71. The molecular formula is C19H21K2N4O12S2+. The van der Waals surface area contributed by atoms with Crippen molar-refractivity contribution < 1.29 is 157 Å². The van der Waals surface area contributed by atoms with Crippen molar-refractivity contribution in [1.82, 2.24) is 9.78 Å². The van der Waals surface area contributed by atoms with Crippen molar-refractivity contribution >= 4 is 49.9 Å². The Morgan fingerprint density at radius 3 is 2.21 bits per heavy atom. The Labute approximate surface area is 307 Å². The third-order valence-corrected chi connectivity index (χ3v) is 7.10. The summed E-state index contributed by atoms with van der Waals surface area (Å²) in [4.78, 5) is 50.3. The number of rotatable bonds is 10. The molecule has 202 valence electrons. The molecule has 1 spiro atoms. The van der Waals surface area contributed by atoms with E-state index < -0.39 is 83.7 Å². The molecule has 2 atom stereocenters. The molecule has 0 bridgehead atoms. The summed E-state index contributed by atoms with van der Waals surface area (Å²) in [5.74, 6) is -3.93. The number of carbonyl (C=O) groups is 3. The number of hydrogen-bond acceptors (Lipinski definition) is 13. The van der Waals surface area contributed by atoms with E-state index in [-0.39, 0.29) is 127 Å². The van der Waals surface area contributed by atoms with Gasteiger partial charge in [0.25, 0.3) is 10.9 Å². The number of nitrogens with one attached hydrogen (secondary N) is 1. The summed E-state index contributed by atoms with van der Waals surface area (Å²) in [5, 5.41) is 4.51. The number of aromatic nitrogens is 2. The second kappa shape index (κ2) is 14.3. The van der Waals surface area contributed by atoms with Gasteiger partial charge in [-0.25, -0.2) is 31.2 Å². The predicted octanol–water partition coefficient (Wildman–Crippen LogP) is -7.99. The zero-order valence-electron chi connectivity index (χ0n) is 21.4. The van der Waals surface area contributed by atoms with Gasteiger partial charge >= 0.3 is 121 Å². The van der Waals surface area contributed by atoms with E-state index in [1.807, 2.05) is 0 Å². The molecule has 2 aliphatic heterocycles. The molecule has 0 aliphatic carbocycles. The summed E-state index contributed by atoms with van der Waals surface area (Å²) in [7, 11) is -9.59. The number of allylic oxidation sites excluding steroid dienone is 2. The van der Waals surface area contributed by atoms with Gasteiger partial charge in [-0.05, 0) is 26.0 Å². The topological polar surface area (TPSA) is 234 Å². The summed E-state index contributed by atoms with van der Waals surface area (Å²) in [5.41, 5.74) is -2.53. The molecular weight excluding hydrogens is 619 g/mol. The van der Waals surface area contributed by atoms with Gasteiger partial charge in [0.05, 0.1) is 41.2 Å². The Morgan fingerprint density at radius 2 is 1.69 bits per heavy atom. The molecule has 1 saturated heterocycles. The molecule has 16 nitrogen and oxygen atoms in total. The van der Waals surface area contributed by atoms with Crippen LogP contribution >= 0.6 is 0 Å². The van der Waals surface area contributed by atoms with Crippen molar-refractivity contribution in [2.24, 2.45) is 5.10 Å². The molecule has 1 aromatic rings. The molecule has 3 rings (SSSR count). The normalized spacial score (nSPS) is 21.4. The third-order valence-electron chi connectivity index (χ3n) is 5.26. The first-order valence-electron chi connectivity index (χ1n) is 10.6. The number of aromatic amines is 1. The molecule has 3 heterocycles. The first-order chi connectivity index (χ1) is 17.2. The van der Waals surface area contributed by atoms with E-state index in [9.17, 15) is 45.1 Å². The summed E-state index contributed by atoms with van der Waals surface area (Å²) in [6, 6.07) is 0. The van der Waals surface area contributed by atoms with E-state index >= 15 is 0 Å². The van der Waals surface area contributed by atoms with Crippen LogP contribution in [0.3, 0.4) is 0 Å². The smallest absolute Gasteiger partial charge is 0.748 e. The van der Waals surface area contributed by atoms with Gasteiger partial charge in [0.1, 0.15) is 5.57 Å². The minimum Gasteiger partial charge on any atom is -0.748 e. The Kier molecular flexibility index (Phi) is 13.5. The molecule has 2 aliphatic rings. The number of H-pyrrole nitrogens is 1. The predicted molar refractivity (Wildman–Crippen MR) is 120 cm³/mol. The van der Waals surface area contributed by atoms with Crippen LogP contribution in [0.1, 0.15) is 29.9 Å². The Balaban J connectivity index is 0.00000380. The minimum absolute atomic E-state index is 0. The van der Waals surface area contributed by atoms with E-state index in [2.05, 4.69) is 10.2 Å². The first-order valence-corrected chi connectivity index (χ1v) is 13.7. The number of hydrogen-bond donors (Lipinski definition) is 1. The van der Waals surface area contributed by atoms with Gasteiger partial charge in [0, 0.05) is 0 Å². The van der Waals surface area contributed by atoms with Gasteiger partial charge in [-0.2, -0.15) is 0 Å². The van der Waals surface area contributed by atoms with Crippen molar-refractivity contribution in [3.8, 4) is 0 Å². The molecule has 0 saturated carbocycles. The summed E-state index contributed by atoms with van der Waals surface area (Å²) >= 11 is 0. The third kappa shape index (κ3) is 8.44. The van der Waals surface area contributed by atoms with E-state index in [0.717, 1.165) is 18.2 Å². The quantitative estimate of drug-likeness (QED) is 0.0628. The van der Waals surface area contributed by atoms with Gasteiger partial charge in [-0.1, -0.05) is 11.2 Å². The molecule has 39 heavy (non-hydrogen) atoms. The average molecular weight is 640 g/mol. The zero-order chi connectivity index (χ0) is 27.8. The number of esters is 2. The molecule has 20 heteroatoms. The maximum Gasteiger partial charge on any atom is 1.00 e. The maximum atomic E-state index is 12.9. The molecule has 1 amide bonds. The van der Waals surface area contributed by atoms with Crippen molar-refractivity contribution in [1.29, 1.82) is 0 Å². The molecule has 1 aromatic heterocycles. The van der Waals surface area contributed by atoms with Gasteiger partial charge in [0.15, 0.2) is 22.4 Å². The van der Waals surface area contributed by atoms with Crippen molar-refractivity contribution in [3.05, 3.63) is 39.3 Å². The fourth-order valence-electron chi connectivity index (χ4n) is 3.52. The van der Waals surface area contributed by atoms with E-state index in [0.29, 0.717) is 4.68 Å². The number of nitrogens with zero attached hydrogens (tertiary/aromatic N) is 3. The summed E-state index contributed by atoms with van der Waals surface area (Å²) in [6.45, 7) is 1.77. The molecule has 0 aromatic carbocycles. The zero-order valence-corrected chi connectivity index (χ0v) is 29.3. The number of amides is 1. The monoisotopic (exact) mass is 639 g/mol. The average Bonchev–Trinajstić information content (AvgIpc) is 3.37. The Hall–Kier alpha value is -0.177. The van der Waals surface area contributed by atoms with Gasteiger partial charge in [0.2, 0.25) is 5.71 Å². The second-order valence-corrected chi connectivity index (χ2v) is 10.8. The molecule has 1 fully saturated rings. The van der Waals surface area contributed by atoms with Crippen molar-refractivity contribution in [3.63, 3.8) is 0 Å². The Bertz CT molecular complexity index is 1530. The summed E-state index contributed by atoms with van der Waals surface area (Å²) in [6.07, 6.45) is 3.14. The van der Waals surface area contributed by atoms with Crippen LogP contribution in [-0.4, -0.2) is 94.8 Å². The van der Waals surface area contributed by atoms with Gasteiger partial charge in [-0.3, -0.25) is 14.6 Å². The van der Waals surface area contributed by atoms with Crippen LogP contribution in [0.5, 0.6) is 0 Å². The van der Waals surface area contributed by atoms with Crippen molar-refractivity contribution in [2.45, 2.75) is 25.8 Å². The molecule has 2 unspecified atom stereocenters.